The van der Waals surface area contributed by atoms with Gasteiger partial charge in [-0.25, -0.2) is 4.98 Å². The molecule has 0 saturated heterocycles. The maximum atomic E-state index is 12.2. The van der Waals surface area contributed by atoms with Crippen LogP contribution >= 0.6 is 23.1 Å². The Morgan fingerprint density at radius 1 is 1.24 bits per heavy atom. The van der Waals surface area contributed by atoms with E-state index >= 15 is 0 Å². The number of nitrogens with zero attached hydrogens (tertiary/aromatic N) is 1. The van der Waals surface area contributed by atoms with Crippen molar-refractivity contribution in [2.45, 2.75) is 4.90 Å². The van der Waals surface area contributed by atoms with Crippen molar-refractivity contribution in [2.75, 3.05) is 17.3 Å². The number of hydrogen-bond acceptors (Lipinski definition) is 5. The zero-order valence-electron chi connectivity index (χ0n) is 11.3. The first-order chi connectivity index (χ1) is 10.2. The monoisotopic (exact) mass is 315 g/mol. The molecular formula is C15H13N3OS2. The minimum Gasteiger partial charge on any atom is -0.399 e. The summed E-state index contributed by atoms with van der Waals surface area (Å²) < 4.78 is 0.961. The summed E-state index contributed by atoms with van der Waals surface area (Å²) in [6, 6.07) is 13.0. The number of thiazole rings is 1. The largest absolute Gasteiger partial charge is 0.399 e. The van der Waals surface area contributed by atoms with Crippen LogP contribution in [0.2, 0.25) is 0 Å². The van der Waals surface area contributed by atoms with Crippen molar-refractivity contribution in [1.29, 1.82) is 0 Å². The number of thioether (sulfide) groups is 1. The smallest absolute Gasteiger partial charge is 0.257 e. The van der Waals surface area contributed by atoms with Crippen LogP contribution in [0.15, 0.2) is 47.4 Å². The second-order valence-corrected chi connectivity index (χ2v) is 6.34. The minimum absolute atomic E-state index is 0.158. The van der Waals surface area contributed by atoms with E-state index < -0.39 is 0 Å². The molecule has 0 aliphatic carbocycles. The van der Waals surface area contributed by atoms with Crippen LogP contribution in [0.1, 0.15) is 10.4 Å². The highest BCUT2D eigenvalue weighted by Crippen LogP contribution is 2.27. The summed E-state index contributed by atoms with van der Waals surface area (Å²) in [5, 5.41) is 3.40. The number of anilines is 2. The standard InChI is InChI=1S/C15H13N3OS2/c1-20-11-5-2-9(3-6-11)14(19)18-15-17-12-7-4-10(16)8-13(12)21-15/h2-8H,16H2,1H3,(H,17,18,19). The topological polar surface area (TPSA) is 68.0 Å². The van der Waals surface area contributed by atoms with Gasteiger partial charge in [-0.2, -0.15) is 0 Å². The first kappa shape index (κ1) is 13.9. The molecule has 0 fully saturated rings. The van der Waals surface area contributed by atoms with E-state index in [-0.39, 0.29) is 5.91 Å². The van der Waals surface area contributed by atoms with Crippen molar-refractivity contribution < 1.29 is 4.79 Å². The molecule has 0 aliphatic rings. The molecule has 0 spiro atoms. The number of fused-ring (bicyclic) bond motifs is 1. The van der Waals surface area contributed by atoms with Gasteiger partial charge in [0.1, 0.15) is 0 Å². The molecule has 0 bridgehead atoms. The zero-order valence-corrected chi connectivity index (χ0v) is 12.9. The summed E-state index contributed by atoms with van der Waals surface area (Å²) >= 11 is 3.06. The van der Waals surface area contributed by atoms with Crippen molar-refractivity contribution >= 4 is 50.0 Å². The predicted octanol–water partition coefficient (Wildman–Crippen LogP) is 3.85. The molecule has 1 aromatic heterocycles. The van der Waals surface area contributed by atoms with E-state index in [1.54, 1.807) is 17.8 Å². The van der Waals surface area contributed by atoms with Gasteiger partial charge in [0.2, 0.25) is 0 Å². The fraction of sp³-hybridized carbons (Fsp3) is 0.0667. The van der Waals surface area contributed by atoms with Crippen molar-refractivity contribution in [2.24, 2.45) is 0 Å². The van der Waals surface area contributed by atoms with Gasteiger partial charge < -0.3 is 5.73 Å². The quantitative estimate of drug-likeness (QED) is 0.569. The maximum absolute atomic E-state index is 12.2. The number of benzene rings is 2. The molecule has 3 N–H and O–H groups in total. The van der Waals surface area contributed by atoms with Crippen LogP contribution in [0, 0.1) is 0 Å². The van der Waals surface area contributed by atoms with Crippen LogP contribution in [0.4, 0.5) is 10.8 Å². The van der Waals surface area contributed by atoms with Crippen molar-refractivity contribution in [3.8, 4) is 0 Å². The molecule has 21 heavy (non-hydrogen) atoms. The number of amides is 1. The van der Waals surface area contributed by atoms with Crippen LogP contribution in [-0.4, -0.2) is 17.1 Å². The number of nitrogen functional groups attached to an aromatic ring is 1. The van der Waals surface area contributed by atoms with E-state index in [1.165, 1.54) is 11.3 Å². The van der Waals surface area contributed by atoms with Gasteiger partial charge in [-0.3, -0.25) is 10.1 Å². The fourth-order valence-corrected chi connectivity index (χ4v) is 3.22. The molecule has 2 aromatic carbocycles. The lowest BCUT2D eigenvalue weighted by molar-refractivity contribution is 0.102. The van der Waals surface area contributed by atoms with Crippen molar-refractivity contribution in [1.82, 2.24) is 4.98 Å². The van der Waals surface area contributed by atoms with E-state index in [4.69, 9.17) is 5.73 Å². The minimum atomic E-state index is -0.158. The van der Waals surface area contributed by atoms with Crippen LogP contribution in [0.3, 0.4) is 0 Å². The van der Waals surface area contributed by atoms with E-state index in [2.05, 4.69) is 10.3 Å². The number of nitrogens with two attached hydrogens (primary N) is 1. The number of aromatic nitrogens is 1. The Hall–Kier alpha value is -2.05. The van der Waals surface area contributed by atoms with Gasteiger partial charge in [0.05, 0.1) is 10.2 Å². The number of nitrogens with one attached hydrogen (secondary N) is 1. The molecule has 6 heteroatoms. The Balaban J connectivity index is 1.81. The Morgan fingerprint density at radius 2 is 2.00 bits per heavy atom. The Labute approximate surface area is 130 Å². The average Bonchev–Trinajstić information content (AvgIpc) is 2.88. The summed E-state index contributed by atoms with van der Waals surface area (Å²) in [4.78, 5) is 17.7. The second kappa shape index (κ2) is 5.75. The molecule has 4 nitrogen and oxygen atoms in total. The van der Waals surface area contributed by atoms with Gasteiger partial charge in [-0.05, 0) is 48.7 Å². The number of carbonyl (C=O) groups excluding carboxylic acids is 1. The molecule has 0 aliphatic heterocycles. The van der Waals surface area contributed by atoms with Crippen LogP contribution in [-0.2, 0) is 0 Å². The molecule has 3 aromatic rings. The van der Waals surface area contributed by atoms with E-state index in [0.29, 0.717) is 16.4 Å². The third-order valence-electron chi connectivity index (χ3n) is 2.99. The van der Waals surface area contributed by atoms with E-state index in [0.717, 1.165) is 15.1 Å². The summed E-state index contributed by atoms with van der Waals surface area (Å²) in [5.41, 5.74) is 7.89. The molecule has 0 atom stereocenters. The normalized spacial score (nSPS) is 10.7. The average molecular weight is 315 g/mol. The molecule has 106 valence electrons. The number of hydrogen-bond donors (Lipinski definition) is 2. The zero-order chi connectivity index (χ0) is 14.8. The first-order valence-electron chi connectivity index (χ1n) is 6.27. The van der Waals surface area contributed by atoms with Gasteiger partial charge in [-0.1, -0.05) is 11.3 Å². The molecule has 1 heterocycles. The third-order valence-corrected chi connectivity index (χ3v) is 4.66. The molecule has 1 amide bonds. The van der Waals surface area contributed by atoms with Crippen molar-refractivity contribution in [3.05, 3.63) is 48.0 Å². The van der Waals surface area contributed by atoms with Crippen LogP contribution in [0.5, 0.6) is 0 Å². The molecular weight excluding hydrogens is 302 g/mol. The van der Waals surface area contributed by atoms with Gasteiger partial charge in [0, 0.05) is 16.1 Å². The Kier molecular flexibility index (Phi) is 3.81. The summed E-state index contributed by atoms with van der Waals surface area (Å²) in [6.07, 6.45) is 2.00. The molecule has 0 unspecified atom stereocenters. The van der Waals surface area contributed by atoms with E-state index in [1.807, 2.05) is 42.7 Å². The Bertz CT molecular complexity index is 796. The fourth-order valence-electron chi connectivity index (χ4n) is 1.91. The highest BCUT2D eigenvalue weighted by atomic mass is 32.2. The van der Waals surface area contributed by atoms with Gasteiger partial charge >= 0.3 is 0 Å². The highest BCUT2D eigenvalue weighted by Gasteiger charge is 2.10. The summed E-state index contributed by atoms with van der Waals surface area (Å²) in [6.45, 7) is 0. The molecule has 0 saturated carbocycles. The lowest BCUT2D eigenvalue weighted by atomic mass is 10.2. The summed E-state index contributed by atoms with van der Waals surface area (Å²) in [7, 11) is 0. The van der Waals surface area contributed by atoms with Crippen LogP contribution in [0.25, 0.3) is 10.2 Å². The molecule has 3 rings (SSSR count). The van der Waals surface area contributed by atoms with Crippen LogP contribution < -0.4 is 11.1 Å². The Morgan fingerprint density at radius 3 is 2.71 bits per heavy atom. The third kappa shape index (κ3) is 3.01. The van der Waals surface area contributed by atoms with Crippen molar-refractivity contribution in [3.63, 3.8) is 0 Å². The van der Waals surface area contributed by atoms with Gasteiger partial charge in [-0.15, -0.1) is 11.8 Å². The maximum Gasteiger partial charge on any atom is 0.257 e. The predicted molar refractivity (Wildman–Crippen MR) is 90.2 cm³/mol. The van der Waals surface area contributed by atoms with E-state index in [9.17, 15) is 4.79 Å². The highest BCUT2D eigenvalue weighted by molar-refractivity contribution is 7.98. The number of rotatable bonds is 3. The van der Waals surface area contributed by atoms with Gasteiger partial charge in [0.25, 0.3) is 5.91 Å². The second-order valence-electron chi connectivity index (χ2n) is 4.43. The lowest BCUT2D eigenvalue weighted by Crippen LogP contribution is -2.11. The lowest BCUT2D eigenvalue weighted by Gasteiger charge is -2.02. The SMILES string of the molecule is CSc1ccc(C(=O)Nc2nc3ccc(N)cc3s2)cc1. The number of carbonyl (C=O) groups is 1. The van der Waals surface area contributed by atoms with Gasteiger partial charge in [0.15, 0.2) is 5.13 Å². The summed E-state index contributed by atoms with van der Waals surface area (Å²) in [5.74, 6) is -0.158. The molecule has 0 radical (unpaired) electrons. The first-order valence-corrected chi connectivity index (χ1v) is 8.31.